The summed E-state index contributed by atoms with van der Waals surface area (Å²) in [5.74, 6) is 2.13. The highest BCUT2D eigenvalue weighted by molar-refractivity contribution is 5.65. The number of nitrogens with one attached hydrogen (secondary N) is 1. The van der Waals surface area contributed by atoms with E-state index in [4.69, 9.17) is 5.73 Å². The van der Waals surface area contributed by atoms with Gasteiger partial charge in [-0.25, -0.2) is 4.98 Å². The van der Waals surface area contributed by atoms with Gasteiger partial charge in [-0.3, -0.25) is 4.68 Å². The van der Waals surface area contributed by atoms with Crippen LogP contribution in [-0.4, -0.2) is 19.3 Å². The van der Waals surface area contributed by atoms with Crippen LogP contribution in [0, 0.1) is 0 Å². The second kappa shape index (κ2) is 4.72. The molecule has 0 aliphatic rings. The van der Waals surface area contributed by atoms with Crippen molar-refractivity contribution in [2.75, 3.05) is 11.1 Å². The summed E-state index contributed by atoms with van der Waals surface area (Å²) in [4.78, 5) is 4.26. The van der Waals surface area contributed by atoms with Crippen LogP contribution < -0.4 is 11.1 Å². The molecule has 0 amide bonds. The average molecular weight is 248 g/mol. The van der Waals surface area contributed by atoms with Crippen LogP contribution in [0.1, 0.15) is 31.3 Å². The van der Waals surface area contributed by atoms with E-state index in [0.717, 1.165) is 23.0 Å². The van der Waals surface area contributed by atoms with Crippen molar-refractivity contribution >= 4 is 11.5 Å². The second-order valence-electron chi connectivity index (χ2n) is 4.73. The molecule has 18 heavy (non-hydrogen) atoms. The van der Waals surface area contributed by atoms with Crippen LogP contribution in [0.2, 0.25) is 0 Å². The molecular weight excluding hydrogens is 228 g/mol. The van der Waals surface area contributed by atoms with Gasteiger partial charge in [-0.05, 0) is 5.92 Å². The van der Waals surface area contributed by atoms with Crippen LogP contribution in [0.15, 0.2) is 12.4 Å². The van der Waals surface area contributed by atoms with Crippen molar-refractivity contribution in [1.82, 2.24) is 19.3 Å². The molecule has 0 spiro atoms. The largest absolute Gasteiger partial charge is 0.394 e. The molecule has 2 heterocycles. The number of aryl methyl sites for hydroxylation is 2. The summed E-state index contributed by atoms with van der Waals surface area (Å²) < 4.78 is 3.76. The predicted molar refractivity (Wildman–Crippen MR) is 72.2 cm³/mol. The molecule has 2 rings (SSSR count). The Morgan fingerprint density at radius 2 is 2.11 bits per heavy atom. The Balaban J connectivity index is 2.17. The number of rotatable bonds is 4. The van der Waals surface area contributed by atoms with Crippen molar-refractivity contribution in [1.29, 1.82) is 0 Å². The molecule has 6 heteroatoms. The summed E-state index contributed by atoms with van der Waals surface area (Å²) in [6.45, 7) is 4.80. The van der Waals surface area contributed by atoms with Gasteiger partial charge in [0.2, 0.25) is 0 Å². The number of aromatic nitrogens is 4. The third kappa shape index (κ3) is 2.18. The van der Waals surface area contributed by atoms with Crippen molar-refractivity contribution < 1.29 is 0 Å². The lowest BCUT2D eigenvalue weighted by atomic mass is 10.1. The molecule has 0 unspecified atom stereocenters. The second-order valence-corrected chi connectivity index (χ2v) is 4.73. The van der Waals surface area contributed by atoms with Crippen molar-refractivity contribution in [3.8, 4) is 0 Å². The highest BCUT2D eigenvalue weighted by Gasteiger charge is 2.15. The van der Waals surface area contributed by atoms with Crippen LogP contribution in [-0.2, 0) is 20.6 Å². The fraction of sp³-hybridized carbons (Fsp3) is 0.500. The third-order valence-corrected chi connectivity index (χ3v) is 2.99. The highest BCUT2D eigenvalue weighted by Crippen LogP contribution is 2.27. The minimum absolute atomic E-state index is 0.319. The lowest BCUT2D eigenvalue weighted by molar-refractivity contribution is 0.712. The number of anilines is 2. The Labute approximate surface area is 107 Å². The monoisotopic (exact) mass is 248 g/mol. The molecular formula is C12H20N6. The van der Waals surface area contributed by atoms with Crippen molar-refractivity contribution in [2.24, 2.45) is 14.1 Å². The van der Waals surface area contributed by atoms with E-state index in [2.05, 4.69) is 29.2 Å². The summed E-state index contributed by atoms with van der Waals surface area (Å²) in [7, 11) is 3.86. The summed E-state index contributed by atoms with van der Waals surface area (Å²) in [6, 6.07) is 0. The first-order valence-corrected chi connectivity index (χ1v) is 6.03. The van der Waals surface area contributed by atoms with E-state index < -0.39 is 0 Å². The summed E-state index contributed by atoms with van der Waals surface area (Å²) in [5, 5.41) is 7.73. The third-order valence-electron chi connectivity index (χ3n) is 2.99. The molecule has 0 saturated carbocycles. The molecule has 2 aromatic rings. The maximum atomic E-state index is 6.11. The Hall–Kier alpha value is -1.98. The summed E-state index contributed by atoms with van der Waals surface area (Å²) in [5.41, 5.74) is 7.76. The number of nitrogen functional groups attached to an aromatic ring is 1. The van der Waals surface area contributed by atoms with Crippen LogP contribution in [0.5, 0.6) is 0 Å². The van der Waals surface area contributed by atoms with Crippen LogP contribution in [0.4, 0.5) is 11.5 Å². The molecule has 3 N–H and O–H groups in total. The lowest BCUT2D eigenvalue weighted by Gasteiger charge is -2.07. The van der Waals surface area contributed by atoms with Crippen molar-refractivity contribution in [3.05, 3.63) is 23.9 Å². The standard InChI is InChI=1S/C12H20N6/c1-8(2)11-10(13)12(18(4)16-11)15-7-9-14-5-6-17(9)3/h5-6,8,15H,7,13H2,1-4H3. The average Bonchev–Trinajstić information content (AvgIpc) is 2.82. The fourth-order valence-electron chi connectivity index (χ4n) is 1.93. The van der Waals surface area contributed by atoms with Gasteiger partial charge < -0.3 is 15.6 Å². The Bertz CT molecular complexity index is 537. The number of hydrogen-bond donors (Lipinski definition) is 2. The zero-order valence-electron chi connectivity index (χ0n) is 11.3. The number of nitrogens with zero attached hydrogens (tertiary/aromatic N) is 4. The minimum Gasteiger partial charge on any atom is -0.394 e. The minimum atomic E-state index is 0.319. The zero-order chi connectivity index (χ0) is 13.3. The van der Waals surface area contributed by atoms with Gasteiger partial charge in [0, 0.05) is 26.5 Å². The van der Waals surface area contributed by atoms with E-state index >= 15 is 0 Å². The normalized spacial score (nSPS) is 11.2. The van der Waals surface area contributed by atoms with Crippen LogP contribution in [0.25, 0.3) is 0 Å². The quantitative estimate of drug-likeness (QED) is 0.859. The number of hydrogen-bond acceptors (Lipinski definition) is 4. The van der Waals surface area contributed by atoms with E-state index in [1.807, 2.05) is 24.9 Å². The summed E-state index contributed by atoms with van der Waals surface area (Å²) in [6.07, 6.45) is 3.70. The van der Waals surface area contributed by atoms with E-state index in [1.165, 1.54) is 0 Å². The number of nitrogens with two attached hydrogens (primary N) is 1. The van der Waals surface area contributed by atoms with Gasteiger partial charge >= 0.3 is 0 Å². The first kappa shape index (κ1) is 12.5. The fourth-order valence-corrected chi connectivity index (χ4v) is 1.93. The first-order valence-electron chi connectivity index (χ1n) is 6.03. The van der Waals surface area contributed by atoms with Gasteiger partial charge in [0.15, 0.2) is 0 Å². The molecule has 0 bridgehead atoms. The molecule has 0 saturated heterocycles. The first-order chi connectivity index (χ1) is 8.50. The molecule has 98 valence electrons. The maximum Gasteiger partial charge on any atom is 0.148 e. The van der Waals surface area contributed by atoms with E-state index in [-0.39, 0.29) is 0 Å². The summed E-state index contributed by atoms with van der Waals surface area (Å²) >= 11 is 0. The SMILES string of the molecule is CC(C)c1nn(C)c(NCc2nccn2C)c1N. The van der Waals surface area contributed by atoms with Crippen molar-refractivity contribution in [3.63, 3.8) is 0 Å². The van der Waals surface area contributed by atoms with E-state index in [9.17, 15) is 0 Å². The van der Waals surface area contributed by atoms with Gasteiger partial charge in [-0.2, -0.15) is 5.10 Å². The molecule has 0 atom stereocenters. The highest BCUT2D eigenvalue weighted by atomic mass is 15.3. The lowest BCUT2D eigenvalue weighted by Crippen LogP contribution is -2.09. The van der Waals surface area contributed by atoms with E-state index in [0.29, 0.717) is 12.5 Å². The van der Waals surface area contributed by atoms with Crippen molar-refractivity contribution in [2.45, 2.75) is 26.3 Å². The molecule has 0 radical (unpaired) electrons. The molecule has 6 nitrogen and oxygen atoms in total. The molecule has 0 aliphatic heterocycles. The Kier molecular flexibility index (Phi) is 3.27. The predicted octanol–water partition coefficient (Wildman–Crippen LogP) is 1.47. The van der Waals surface area contributed by atoms with E-state index in [1.54, 1.807) is 10.9 Å². The number of imidazole rings is 1. The Morgan fingerprint density at radius 1 is 1.39 bits per heavy atom. The Morgan fingerprint density at radius 3 is 2.61 bits per heavy atom. The molecule has 0 aliphatic carbocycles. The van der Waals surface area contributed by atoms with Gasteiger partial charge in [-0.1, -0.05) is 13.8 Å². The van der Waals surface area contributed by atoms with Gasteiger partial charge in [-0.15, -0.1) is 0 Å². The van der Waals surface area contributed by atoms with Crippen LogP contribution >= 0.6 is 0 Å². The zero-order valence-corrected chi connectivity index (χ0v) is 11.3. The van der Waals surface area contributed by atoms with Gasteiger partial charge in [0.25, 0.3) is 0 Å². The molecule has 0 fully saturated rings. The molecule has 0 aromatic carbocycles. The smallest absolute Gasteiger partial charge is 0.148 e. The molecule has 2 aromatic heterocycles. The van der Waals surface area contributed by atoms with Crippen LogP contribution in [0.3, 0.4) is 0 Å². The van der Waals surface area contributed by atoms with Gasteiger partial charge in [0.05, 0.1) is 17.9 Å². The maximum absolute atomic E-state index is 6.11. The topological polar surface area (TPSA) is 73.7 Å². The van der Waals surface area contributed by atoms with Gasteiger partial charge in [0.1, 0.15) is 11.6 Å².